The second kappa shape index (κ2) is 7.40. The lowest BCUT2D eigenvalue weighted by atomic mass is 10.0. The molecule has 0 radical (unpaired) electrons. The molecule has 22 heavy (non-hydrogen) atoms. The maximum Gasteiger partial charge on any atom is 0.305 e. The number of carbonyl (C=O) groups excluding carboxylic acids is 1. The Bertz CT molecular complexity index is 637. The molecule has 0 saturated carbocycles. The first-order valence-electron chi connectivity index (χ1n) is 7.21. The van der Waals surface area contributed by atoms with Gasteiger partial charge >= 0.3 is 5.97 Å². The number of carbonyl (C=O) groups is 2. The lowest BCUT2D eigenvalue weighted by molar-refractivity contribution is -0.137. The third kappa shape index (κ3) is 4.18. The number of hydrogen-bond acceptors (Lipinski definition) is 3. The van der Waals surface area contributed by atoms with Crippen molar-refractivity contribution in [3.05, 3.63) is 53.9 Å². The summed E-state index contributed by atoms with van der Waals surface area (Å²) < 4.78 is 1.46. The third-order valence-corrected chi connectivity index (χ3v) is 3.34. The van der Waals surface area contributed by atoms with Gasteiger partial charge in [-0.2, -0.15) is 5.10 Å². The highest BCUT2D eigenvalue weighted by Gasteiger charge is 2.16. The summed E-state index contributed by atoms with van der Waals surface area (Å²) >= 11 is 0. The van der Waals surface area contributed by atoms with Crippen molar-refractivity contribution >= 4 is 11.9 Å². The largest absolute Gasteiger partial charge is 0.481 e. The average Bonchev–Trinajstić information content (AvgIpc) is 3.00. The highest BCUT2D eigenvalue weighted by Crippen LogP contribution is 2.16. The second-order valence-electron chi connectivity index (χ2n) is 4.95. The van der Waals surface area contributed by atoms with Gasteiger partial charge in [-0.15, -0.1) is 0 Å². The van der Waals surface area contributed by atoms with Crippen molar-refractivity contribution in [1.29, 1.82) is 0 Å². The van der Waals surface area contributed by atoms with Crippen molar-refractivity contribution in [2.24, 2.45) is 0 Å². The van der Waals surface area contributed by atoms with E-state index in [4.69, 9.17) is 5.11 Å². The van der Waals surface area contributed by atoms with Gasteiger partial charge in [0, 0.05) is 6.20 Å². The first-order valence-corrected chi connectivity index (χ1v) is 7.21. The highest BCUT2D eigenvalue weighted by molar-refractivity contribution is 5.92. The normalized spacial score (nSPS) is 11.9. The number of benzene rings is 1. The molecule has 0 aliphatic heterocycles. The minimum absolute atomic E-state index is 0.0235. The molecule has 0 aliphatic carbocycles. The molecule has 116 valence electrons. The van der Waals surface area contributed by atoms with Crippen LogP contribution in [0.25, 0.3) is 0 Å². The first kappa shape index (κ1) is 15.8. The summed E-state index contributed by atoms with van der Waals surface area (Å²) in [5, 5.41) is 15.7. The van der Waals surface area contributed by atoms with E-state index in [-0.39, 0.29) is 24.9 Å². The molecule has 1 aromatic carbocycles. The van der Waals surface area contributed by atoms with Gasteiger partial charge in [-0.25, -0.2) is 0 Å². The zero-order valence-electron chi connectivity index (χ0n) is 12.4. The van der Waals surface area contributed by atoms with E-state index in [0.29, 0.717) is 5.69 Å². The summed E-state index contributed by atoms with van der Waals surface area (Å²) in [5.41, 5.74) is 1.34. The van der Waals surface area contributed by atoms with E-state index in [1.54, 1.807) is 12.3 Å². The number of amides is 1. The van der Waals surface area contributed by atoms with Gasteiger partial charge in [0.1, 0.15) is 5.69 Å². The minimum Gasteiger partial charge on any atom is -0.481 e. The van der Waals surface area contributed by atoms with Crippen LogP contribution in [0.2, 0.25) is 0 Å². The van der Waals surface area contributed by atoms with Gasteiger partial charge in [0.2, 0.25) is 0 Å². The zero-order chi connectivity index (χ0) is 15.9. The van der Waals surface area contributed by atoms with E-state index < -0.39 is 5.97 Å². The standard InChI is InChI=1S/C16H19N3O3/c1-2-13(12-6-4-3-5-7-12)17-16(22)14-8-10-19(18-14)11-9-15(20)21/h3-8,10,13H,2,9,11H2,1H3,(H,17,22)(H,20,21). The van der Waals surface area contributed by atoms with Crippen LogP contribution < -0.4 is 5.32 Å². The van der Waals surface area contributed by atoms with E-state index in [1.165, 1.54) is 4.68 Å². The van der Waals surface area contributed by atoms with Gasteiger partial charge in [0.05, 0.1) is 19.0 Å². The molecule has 1 aromatic heterocycles. The lowest BCUT2D eigenvalue weighted by Gasteiger charge is -2.16. The summed E-state index contributed by atoms with van der Waals surface area (Å²) in [7, 11) is 0. The summed E-state index contributed by atoms with van der Waals surface area (Å²) in [6.45, 7) is 2.25. The smallest absolute Gasteiger partial charge is 0.305 e. The summed E-state index contributed by atoms with van der Waals surface area (Å²) in [5.74, 6) is -1.15. The average molecular weight is 301 g/mol. The van der Waals surface area contributed by atoms with Gasteiger partial charge < -0.3 is 10.4 Å². The molecule has 0 fully saturated rings. The van der Waals surface area contributed by atoms with Crippen molar-refractivity contribution in [3.63, 3.8) is 0 Å². The van der Waals surface area contributed by atoms with E-state index >= 15 is 0 Å². The molecule has 1 atom stereocenters. The third-order valence-electron chi connectivity index (χ3n) is 3.34. The summed E-state index contributed by atoms with van der Waals surface area (Å²) in [6.07, 6.45) is 2.36. The zero-order valence-corrected chi connectivity index (χ0v) is 12.4. The second-order valence-corrected chi connectivity index (χ2v) is 4.95. The monoisotopic (exact) mass is 301 g/mol. The molecule has 0 spiro atoms. The van der Waals surface area contributed by atoms with E-state index in [9.17, 15) is 9.59 Å². The van der Waals surface area contributed by atoms with Crippen LogP contribution in [0.1, 0.15) is 41.9 Å². The van der Waals surface area contributed by atoms with Crippen molar-refractivity contribution in [3.8, 4) is 0 Å². The fraction of sp³-hybridized carbons (Fsp3) is 0.312. The predicted octanol–water partition coefficient (Wildman–Crippen LogP) is 2.24. The molecule has 2 aromatic rings. The van der Waals surface area contributed by atoms with Crippen LogP contribution in [0.5, 0.6) is 0 Å². The van der Waals surface area contributed by atoms with Crippen LogP contribution in [-0.4, -0.2) is 26.8 Å². The Morgan fingerprint density at radius 2 is 2.00 bits per heavy atom. The fourth-order valence-corrected chi connectivity index (χ4v) is 2.16. The van der Waals surface area contributed by atoms with E-state index in [1.807, 2.05) is 37.3 Å². The van der Waals surface area contributed by atoms with Crippen LogP contribution in [0, 0.1) is 0 Å². The number of aliphatic carboxylic acids is 1. The Kier molecular flexibility index (Phi) is 5.30. The van der Waals surface area contributed by atoms with Gasteiger partial charge in [0.25, 0.3) is 5.91 Å². The molecule has 2 N–H and O–H groups in total. The molecule has 2 rings (SSSR count). The molecular weight excluding hydrogens is 282 g/mol. The number of aryl methyl sites for hydroxylation is 1. The highest BCUT2D eigenvalue weighted by atomic mass is 16.4. The fourth-order valence-electron chi connectivity index (χ4n) is 2.16. The Morgan fingerprint density at radius 1 is 1.27 bits per heavy atom. The Labute approximate surface area is 128 Å². The Morgan fingerprint density at radius 3 is 2.64 bits per heavy atom. The first-order chi connectivity index (χ1) is 10.6. The molecule has 1 heterocycles. The van der Waals surface area contributed by atoms with Crippen LogP contribution in [0.4, 0.5) is 0 Å². The number of nitrogens with one attached hydrogen (secondary N) is 1. The SMILES string of the molecule is CCC(NC(=O)c1ccn(CCC(=O)O)n1)c1ccccc1. The van der Waals surface area contributed by atoms with Crippen molar-refractivity contribution < 1.29 is 14.7 Å². The van der Waals surface area contributed by atoms with Crippen molar-refractivity contribution in [2.75, 3.05) is 0 Å². The Hall–Kier alpha value is -2.63. The van der Waals surface area contributed by atoms with Crippen molar-refractivity contribution in [1.82, 2.24) is 15.1 Å². The number of nitrogens with zero attached hydrogens (tertiary/aromatic N) is 2. The number of carboxylic acids is 1. The molecule has 6 heteroatoms. The topological polar surface area (TPSA) is 84.2 Å². The number of hydrogen-bond donors (Lipinski definition) is 2. The quantitative estimate of drug-likeness (QED) is 0.821. The Balaban J connectivity index is 2.00. The van der Waals surface area contributed by atoms with Crippen LogP contribution >= 0.6 is 0 Å². The van der Waals surface area contributed by atoms with Crippen LogP contribution in [0.3, 0.4) is 0 Å². The number of aromatic nitrogens is 2. The van der Waals surface area contributed by atoms with Gasteiger partial charge in [-0.1, -0.05) is 37.3 Å². The molecule has 6 nitrogen and oxygen atoms in total. The van der Waals surface area contributed by atoms with Gasteiger partial charge in [-0.3, -0.25) is 14.3 Å². The predicted molar refractivity (Wildman–Crippen MR) is 81.4 cm³/mol. The molecular formula is C16H19N3O3. The van der Waals surface area contributed by atoms with Gasteiger partial charge in [0.15, 0.2) is 0 Å². The maximum absolute atomic E-state index is 12.2. The minimum atomic E-state index is -0.892. The molecule has 0 bridgehead atoms. The van der Waals surface area contributed by atoms with Crippen molar-refractivity contribution in [2.45, 2.75) is 32.4 Å². The molecule has 0 aliphatic rings. The van der Waals surface area contributed by atoms with Crippen LogP contribution in [-0.2, 0) is 11.3 Å². The molecule has 0 saturated heterocycles. The summed E-state index contributed by atoms with van der Waals surface area (Å²) in [4.78, 5) is 22.8. The number of rotatable bonds is 7. The number of carboxylic acid groups (broad SMARTS) is 1. The van der Waals surface area contributed by atoms with E-state index in [2.05, 4.69) is 10.4 Å². The summed E-state index contributed by atoms with van der Waals surface area (Å²) in [6, 6.07) is 11.3. The molecule has 1 unspecified atom stereocenters. The van der Waals surface area contributed by atoms with E-state index in [0.717, 1.165) is 12.0 Å². The van der Waals surface area contributed by atoms with Crippen LogP contribution in [0.15, 0.2) is 42.6 Å². The lowest BCUT2D eigenvalue weighted by Crippen LogP contribution is -2.28. The maximum atomic E-state index is 12.2. The molecule has 1 amide bonds. The van der Waals surface area contributed by atoms with Gasteiger partial charge in [-0.05, 0) is 18.1 Å².